The van der Waals surface area contributed by atoms with Gasteiger partial charge in [0.05, 0.1) is 11.3 Å². The van der Waals surface area contributed by atoms with Crippen molar-refractivity contribution in [2.45, 2.75) is 25.7 Å². The second-order valence-electron chi connectivity index (χ2n) is 9.36. The maximum Gasteiger partial charge on any atom is 0.262 e. The number of ether oxygens (including phenoxy) is 1. The zero-order valence-electron chi connectivity index (χ0n) is 20.2. The van der Waals surface area contributed by atoms with Crippen molar-refractivity contribution in [2.24, 2.45) is 0 Å². The van der Waals surface area contributed by atoms with E-state index in [1.165, 1.54) is 5.56 Å². The molecule has 6 rings (SSSR count). The Balaban J connectivity index is 1.51. The van der Waals surface area contributed by atoms with Crippen LogP contribution in [0.5, 0.6) is 5.75 Å². The predicted octanol–water partition coefficient (Wildman–Crippen LogP) is 6.86. The molecule has 1 saturated heterocycles. The standard InChI is InChI=1S/C31H28N2O2S/c1-22-14-16-25(17-15-22)33-30(24-10-7-11-26(18-24)35-27-20-36-21-27)32(19-23-8-3-2-4-9-23)29-13-6-5-12-28(29)31(33)34/h2-18,27,30H,19-21H2,1H3/t30-/m0/s1. The third-order valence-electron chi connectivity index (χ3n) is 6.78. The number of amides is 1. The fourth-order valence-corrected chi connectivity index (χ4v) is 5.45. The van der Waals surface area contributed by atoms with Gasteiger partial charge in [-0.15, -0.1) is 0 Å². The molecule has 4 aromatic carbocycles. The second-order valence-corrected chi connectivity index (χ2v) is 10.4. The van der Waals surface area contributed by atoms with Gasteiger partial charge in [0.15, 0.2) is 0 Å². The number of thioether (sulfide) groups is 1. The van der Waals surface area contributed by atoms with E-state index in [-0.39, 0.29) is 18.2 Å². The molecular weight excluding hydrogens is 464 g/mol. The van der Waals surface area contributed by atoms with E-state index in [9.17, 15) is 4.79 Å². The summed E-state index contributed by atoms with van der Waals surface area (Å²) in [5.41, 5.74) is 5.92. The summed E-state index contributed by atoms with van der Waals surface area (Å²) in [6.45, 7) is 2.73. The fraction of sp³-hybridized carbons (Fsp3) is 0.194. The lowest BCUT2D eigenvalue weighted by molar-refractivity contribution is 0.0968. The molecule has 2 aliphatic heterocycles. The first-order valence-corrected chi connectivity index (χ1v) is 13.5. The van der Waals surface area contributed by atoms with Gasteiger partial charge in [-0.1, -0.05) is 72.3 Å². The molecule has 2 heterocycles. The number of carbonyl (C=O) groups is 1. The van der Waals surface area contributed by atoms with Crippen LogP contribution >= 0.6 is 11.8 Å². The molecule has 1 fully saturated rings. The van der Waals surface area contributed by atoms with Crippen molar-refractivity contribution in [2.75, 3.05) is 21.3 Å². The molecule has 0 bridgehead atoms. The van der Waals surface area contributed by atoms with Gasteiger partial charge in [-0.3, -0.25) is 9.69 Å². The van der Waals surface area contributed by atoms with Gasteiger partial charge < -0.3 is 9.64 Å². The first-order chi connectivity index (χ1) is 17.7. The first kappa shape index (κ1) is 22.7. The molecule has 4 aromatic rings. The van der Waals surface area contributed by atoms with E-state index >= 15 is 0 Å². The van der Waals surface area contributed by atoms with Crippen LogP contribution in [0.3, 0.4) is 0 Å². The largest absolute Gasteiger partial charge is 0.489 e. The molecule has 36 heavy (non-hydrogen) atoms. The Bertz CT molecular complexity index is 1370. The van der Waals surface area contributed by atoms with Crippen molar-refractivity contribution < 1.29 is 9.53 Å². The van der Waals surface area contributed by atoms with Gasteiger partial charge in [0, 0.05) is 23.7 Å². The van der Waals surface area contributed by atoms with Crippen molar-refractivity contribution in [1.29, 1.82) is 0 Å². The highest BCUT2D eigenvalue weighted by Crippen LogP contribution is 2.43. The van der Waals surface area contributed by atoms with Gasteiger partial charge in [0.25, 0.3) is 5.91 Å². The molecule has 1 atom stereocenters. The van der Waals surface area contributed by atoms with Gasteiger partial charge in [0.1, 0.15) is 18.0 Å². The number of carbonyl (C=O) groups excluding carboxylic acids is 1. The number of nitrogens with zero attached hydrogens (tertiary/aromatic N) is 2. The molecule has 0 aliphatic carbocycles. The summed E-state index contributed by atoms with van der Waals surface area (Å²) in [4.78, 5) is 18.3. The highest BCUT2D eigenvalue weighted by atomic mass is 32.2. The molecule has 2 aliphatic rings. The molecule has 5 heteroatoms. The van der Waals surface area contributed by atoms with Crippen LogP contribution in [-0.4, -0.2) is 23.5 Å². The van der Waals surface area contributed by atoms with Gasteiger partial charge >= 0.3 is 0 Å². The molecule has 4 nitrogen and oxygen atoms in total. The van der Waals surface area contributed by atoms with Crippen LogP contribution in [0.15, 0.2) is 103 Å². The number of benzene rings is 4. The number of rotatable bonds is 6. The minimum absolute atomic E-state index is 0.00507. The van der Waals surface area contributed by atoms with Gasteiger partial charge in [-0.2, -0.15) is 11.8 Å². The Morgan fingerprint density at radius 2 is 1.61 bits per heavy atom. The zero-order valence-corrected chi connectivity index (χ0v) is 21.0. The third-order valence-corrected chi connectivity index (χ3v) is 7.99. The van der Waals surface area contributed by atoms with Crippen LogP contribution in [0.1, 0.15) is 33.2 Å². The monoisotopic (exact) mass is 492 g/mol. The van der Waals surface area contributed by atoms with Crippen molar-refractivity contribution >= 4 is 29.0 Å². The van der Waals surface area contributed by atoms with Crippen LogP contribution in [0.4, 0.5) is 11.4 Å². The normalized spacial score (nSPS) is 17.5. The van der Waals surface area contributed by atoms with E-state index in [0.29, 0.717) is 12.1 Å². The Morgan fingerprint density at radius 1 is 0.861 bits per heavy atom. The summed E-state index contributed by atoms with van der Waals surface area (Å²) in [6, 6.07) is 34.9. The summed E-state index contributed by atoms with van der Waals surface area (Å²) in [5.74, 6) is 2.91. The summed E-state index contributed by atoms with van der Waals surface area (Å²) >= 11 is 1.90. The summed E-state index contributed by atoms with van der Waals surface area (Å²) in [5, 5.41) is 0. The van der Waals surface area contributed by atoms with Crippen LogP contribution in [0.25, 0.3) is 0 Å². The summed E-state index contributed by atoms with van der Waals surface area (Å²) in [7, 11) is 0. The van der Waals surface area contributed by atoms with Crippen LogP contribution in [0.2, 0.25) is 0 Å². The number of para-hydroxylation sites is 1. The number of hydrogen-bond acceptors (Lipinski definition) is 4. The lowest BCUT2D eigenvalue weighted by atomic mass is 9.98. The number of fused-ring (bicyclic) bond motifs is 1. The maximum absolute atomic E-state index is 14.1. The van der Waals surface area contributed by atoms with E-state index in [2.05, 4.69) is 66.4 Å². The molecule has 180 valence electrons. The van der Waals surface area contributed by atoms with Gasteiger partial charge in [-0.25, -0.2) is 0 Å². The maximum atomic E-state index is 14.1. The molecule has 0 radical (unpaired) electrons. The van der Waals surface area contributed by atoms with E-state index in [1.807, 2.05) is 65.2 Å². The van der Waals surface area contributed by atoms with Crippen molar-refractivity contribution in [3.8, 4) is 5.75 Å². The van der Waals surface area contributed by atoms with Gasteiger partial charge in [-0.05, 0) is 54.4 Å². The smallest absolute Gasteiger partial charge is 0.262 e. The third kappa shape index (κ3) is 4.35. The molecule has 0 spiro atoms. The number of aryl methyl sites for hydroxylation is 1. The lowest BCUT2D eigenvalue weighted by Crippen LogP contribution is -2.49. The molecule has 0 aromatic heterocycles. The van der Waals surface area contributed by atoms with Crippen LogP contribution in [0, 0.1) is 6.92 Å². The fourth-order valence-electron chi connectivity index (χ4n) is 4.88. The second kappa shape index (κ2) is 9.75. The molecule has 0 saturated carbocycles. The Morgan fingerprint density at radius 3 is 2.36 bits per heavy atom. The summed E-state index contributed by atoms with van der Waals surface area (Å²) in [6.07, 6.45) is -0.0674. The van der Waals surface area contributed by atoms with Crippen LogP contribution < -0.4 is 14.5 Å². The van der Waals surface area contributed by atoms with Crippen molar-refractivity contribution in [1.82, 2.24) is 0 Å². The Kier molecular flexibility index (Phi) is 6.16. The van der Waals surface area contributed by atoms with Crippen molar-refractivity contribution in [3.63, 3.8) is 0 Å². The van der Waals surface area contributed by atoms with E-state index in [4.69, 9.17) is 4.74 Å². The predicted molar refractivity (Wildman–Crippen MR) is 148 cm³/mol. The zero-order chi connectivity index (χ0) is 24.5. The average molecular weight is 493 g/mol. The highest BCUT2D eigenvalue weighted by Gasteiger charge is 2.39. The number of hydrogen-bond donors (Lipinski definition) is 0. The van der Waals surface area contributed by atoms with Crippen molar-refractivity contribution in [3.05, 3.63) is 125 Å². The molecule has 0 N–H and O–H groups in total. The van der Waals surface area contributed by atoms with Gasteiger partial charge in [0.2, 0.25) is 0 Å². The minimum Gasteiger partial charge on any atom is -0.489 e. The minimum atomic E-state index is -0.324. The van der Waals surface area contributed by atoms with Crippen LogP contribution in [-0.2, 0) is 6.54 Å². The Labute approximate surface area is 216 Å². The van der Waals surface area contributed by atoms with E-state index in [0.717, 1.165) is 39.8 Å². The SMILES string of the molecule is Cc1ccc(N2C(=O)c3ccccc3N(Cc3ccccc3)[C@@H]2c2cccc(OC3CSC3)c2)cc1. The molecule has 0 unspecified atom stereocenters. The molecular formula is C31H28N2O2S. The van der Waals surface area contributed by atoms with E-state index in [1.54, 1.807) is 0 Å². The quantitative estimate of drug-likeness (QED) is 0.295. The first-order valence-electron chi connectivity index (χ1n) is 12.3. The average Bonchev–Trinajstić information content (AvgIpc) is 2.89. The molecule has 1 amide bonds. The topological polar surface area (TPSA) is 32.8 Å². The number of anilines is 2. The van der Waals surface area contributed by atoms with E-state index < -0.39 is 0 Å². The Hall–Kier alpha value is -3.70. The summed E-state index contributed by atoms with van der Waals surface area (Å²) < 4.78 is 6.25. The highest BCUT2D eigenvalue weighted by molar-refractivity contribution is 8.00. The lowest BCUT2D eigenvalue weighted by Gasteiger charge is -2.46.